The second kappa shape index (κ2) is 9.45. The number of hydrogen-bond acceptors (Lipinski definition) is 3. The SMILES string of the molecule is N#CCc1ccc(NC(=O)CCCNC(=O)c2ccc(Cl)cc2)cc1. The van der Waals surface area contributed by atoms with Gasteiger partial charge in [-0.05, 0) is 48.4 Å². The van der Waals surface area contributed by atoms with E-state index in [-0.39, 0.29) is 11.8 Å². The van der Waals surface area contributed by atoms with Crippen LogP contribution in [0.15, 0.2) is 48.5 Å². The topological polar surface area (TPSA) is 82.0 Å². The summed E-state index contributed by atoms with van der Waals surface area (Å²) in [6, 6.07) is 15.9. The molecule has 0 heterocycles. The predicted molar refractivity (Wildman–Crippen MR) is 97.4 cm³/mol. The van der Waals surface area contributed by atoms with Gasteiger partial charge in [0.2, 0.25) is 5.91 Å². The van der Waals surface area contributed by atoms with Gasteiger partial charge in [-0.15, -0.1) is 0 Å². The molecule has 0 bridgehead atoms. The van der Waals surface area contributed by atoms with Crippen LogP contribution < -0.4 is 10.6 Å². The minimum atomic E-state index is -0.190. The van der Waals surface area contributed by atoms with Crippen molar-refractivity contribution >= 4 is 29.1 Å². The third kappa shape index (κ3) is 6.28. The molecule has 2 aromatic carbocycles. The molecule has 128 valence electrons. The number of nitrogens with zero attached hydrogens (tertiary/aromatic N) is 1. The lowest BCUT2D eigenvalue weighted by molar-refractivity contribution is -0.116. The second-order valence-corrected chi connectivity index (χ2v) is 5.88. The van der Waals surface area contributed by atoms with Gasteiger partial charge in [-0.25, -0.2) is 0 Å². The molecule has 0 saturated heterocycles. The Morgan fingerprint density at radius 3 is 2.36 bits per heavy atom. The number of halogens is 1. The number of benzene rings is 2. The largest absolute Gasteiger partial charge is 0.352 e. The zero-order valence-electron chi connectivity index (χ0n) is 13.6. The number of amides is 2. The molecule has 0 spiro atoms. The molecule has 2 aromatic rings. The van der Waals surface area contributed by atoms with E-state index < -0.39 is 0 Å². The summed E-state index contributed by atoms with van der Waals surface area (Å²) < 4.78 is 0. The van der Waals surface area contributed by atoms with Gasteiger partial charge in [-0.3, -0.25) is 9.59 Å². The average molecular weight is 356 g/mol. The Morgan fingerprint density at radius 1 is 1.04 bits per heavy atom. The van der Waals surface area contributed by atoms with E-state index in [9.17, 15) is 9.59 Å². The van der Waals surface area contributed by atoms with Crippen molar-refractivity contribution in [2.75, 3.05) is 11.9 Å². The van der Waals surface area contributed by atoms with Crippen LogP contribution in [0.25, 0.3) is 0 Å². The van der Waals surface area contributed by atoms with Crippen LogP contribution in [0.1, 0.15) is 28.8 Å². The van der Waals surface area contributed by atoms with E-state index in [0.717, 1.165) is 5.56 Å². The Hall–Kier alpha value is -2.84. The maximum Gasteiger partial charge on any atom is 0.251 e. The highest BCUT2D eigenvalue weighted by Gasteiger charge is 2.06. The molecule has 2 amide bonds. The first-order valence-electron chi connectivity index (χ1n) is 7.88. The molecule has 0 aliphatic carbocycles. The molecule has 0 radical (unpaired) electrons. The molecule has 0 aliphatic rings. The van der Waals surface area contributed by atoms with Crippen LogP contribution in [0, 0.1) is 11.3 Å². The quantitative estimate of drug-likeness (QED) is 0.745. The number of hydrogen-bond donors (Lipinski definition) is 2. The first kappa shape index (κ1) is 18.5. The zero-order chi connectivity index (χ0) is 18.1. The lowest BCUT2D eigenvalue weighted by Crippen LogP contribution is -2.25. The molecule has 6 heteroatoms. The fourth-order valence-corrected chi connectivity index (χ4v) is 2.30. The summed E-state index contributed by atoms with van der Waals surface area (Å²) in [7, 11) is 0. The Labute approximate surface area is 151 Å². The summed E-state index contributed by atoms with van der Waals surface area (Å²) in [6.07, 6.45) is 1.19. The molecule has 2 rings (SSSR count). The number of carbonyl (C=O) groups excluding carboxylic acids is 2. The van der Waals surface area contributed by atoms with Gasteiger partial charge in [0.25, 0.3) is 5.91 Å². The number of nitrogens with one attached hydrogen (secondary N) is 2. The summed E-state index contributed by atoms with van der Waals surface area (Å²) >= 11 is 5.78. The highest BCUT2D eigenvalue weighted by atomic mass is 35.5. The lowest BCUT2D eigenvalue weighted by atomic mass is 10.1. The minimum Gasteiger partial charge on any atom is -0.352 e. The van der Waals surface area contributed by atoms with Gasteiger partial charge < -0.3 is 10.6 Å². The van der Waals surface area contributed by atoms with Crippen LogP contribution in [0.2, 0.25) is 5.02 Å². The molecule has 0 aromatic heterocycles. The molecule has 2 N–H and O–H groups in total. The van der Waals surface area contributed by atoms with E-state index in [1.54, 1.807) is 36.4 Å². The molecular weight excluding hydrogens is 338 g/mol. The van der Waals surface area contributed by atoms with Crippen LogP contribution in [-0.4, -0.2) is 18.4 Å². The molecule has 0 fully saturated rings. The molecule has 0 unspecified atom stereocenters. The standard InChI is InChI=1S/C19H18ClN3O2/c20-16-7-5-15(6-8-16)19(25)22-13-1-2-18(24)23-17-9-3-14(4-10-17)11-12-21/h3-10H,1-2,11,13H2,(H,22,25)(H,23,24). The van der Waals surface area contributed by atoms with Gasteiger partial charge in [0.15, 0.2) is 0 Å². The van der Waals surface area contributed by atoms with Gasteiger partial charge in [0.1, 0.15) is 0 Å². The third-order valence-corrected chi connectivity index (χ3v) is 3.75. The fraction of sp³-hybridized carbons (Fsp3) is 0.211. The van der Waals surface area contributed by atoms with E-state index in [2.05, 4.69) is 16.7 Å². The monoisotopic (exact) mass is 355 g/mol. The fourth-order valence-electron chi connectivity index (χ4n) is 2.17. The first-order chi connectivity index (χ1) is 12.1. The Bertz CT molecular complexity index is 765. The van der Waals surface area contributed by atoms with Gasteiger partial charge in [0, 0.05) is 29.2 Å². The second-order valence-electron chi connectivity index (χ2n) is 5.45. The van der Waals surface area contributed by atoms with Gasteiger partial charge in [0.05, 0.1) is 12.5 Å². The summed E-state index contributed by atoms with van der Waals surface area (Å²) in [4.78, 5) is 23.8. The molecule has 25 heavy (non-hydrogen) atoms. The normalized spacial score (nSPS) is 9.92. The van der Waals surface area contributed by atoms with Crippen molar-refractivity contribution in [3.63, 3.8) is 0 Å². The van der Waals surface area contributed by atoms with E-state index >= 15 is 0 Å². The zero-order valence-corrected chi connectivity index (χ0v) is 14.3. The summed E-state index contributed by atoms with van der Waals surface area (Å²) in [5.41, 5.74) is 2.13. The Balaban J connectivity index is 1.69. The average Bonchev–Trinajstić information content (AvgIpc) is 2.61. The maximum absolute atomic E-state index is 11.9. The maximum atomic E-state index is 11.9. The molecule has 5 nitrogen and oxygen atoms in total. The van der Waals surface area contributed by atoms with Crippen molar-refractivity contribution in [2.24, 2.45) is 0 Å². The van der Waals surface area contributed by atoms with Crippen molar-refractivity contribution in [3.05, 3.63) is 64.7 Å². The van der Waals surface area contributed by atoms with Crippen LogP contribution in [-0.2, 0) is 11.2 Å². The number of anilines is 1. The highest BCUT2D eigenvalue weighted by Crippen LogP contribution is 2.11. The molecule has 0 aliphatic heterocycles. The van der Waals surface area contributed by atoms with Crippen LogP contribution in [0.5, 0.6) is 0 Å². The lowest BCUT2D eigenvalue weighted by Gasteiger charge is -2.07. The van der Waals surface area contributed by atoms with E-state index in [4.69, 9.17) is 16.9 Å². The van der Waals surface area contributed by atoms with Crippen LogP contribution in [0.3, 0.4) is 0 Å². The highest BCUT2D eigenvalue weighted by molar-refractivity contribution is 6.30. The van der Waals surface area contributed by atoms with Gasteiger partial charge >= 0.3 is 0 Å². The Kier molecular flexibility index (Phi) is 7.00. The van der Waals surface area contributed by atoms with Gasteiger partial charge in [-0.1, -0.05) is 23.7 Å². The number of nitriles is 1. The third-order valence-electron chi connectivity index (χ3n) is 3.49. The first-order valence-corrected chi connectivity index (χ1v) is 8.26. The smallest absolute Gasteiger partial charge is 0.251 e. The molecule has 0 saturated carbocycles. The van der Waals surface area contributed by atoms with Crippen molar-refractivity contribution in [1.82, 2.24) is 5.32 Å². The molecule has 0 atom stereocenters. The van der Waals surface area contributed by atoms with E-state index in [0.29, 0.717) is 42.1 Å². The van der Waals surface area contributed by atoms with Crippen molar-refractivity contribution in [3.8, 4) is 6.07 Å². The minimum absolute atomic E-state index is 0.117. The molecular formula is C19H18ClN3O2. The van der Waals surface area contributed by atoms with Gasteiger partial charge in [-0.2, -0.15) is 5.26 Å². The summed E-state index contributed by atoms with van der Waals surface area (Å²) in [5, 5.41) is 14.8. The summed E-state index contributed by atoms with van der Waals surface area (Å²) in [6.45, 7) is 0.413. The van der Waals surface area contributed by atoms with Crippen LogP contribution in [0.4, 0.5) is 5.69 Å². The van der Waals surface area contributed by atoms with Crippen molar-refractivity contribution in [1.29, 1.82) is 5.26 Å². The number of carbonyl (C=O) groups is 2. The Morgan fingerprint density at radius 2 is 1.72 bits per heavy atom. The van der Waals surface area contributed by atoms with Crippen molar-refractivity contribution < 1.29 is 9.59 Å². The van der Waals surface area contributed by atoms with Crippen LogP contribution >= 0.6 is 11.6 Å². The van der Waals surface area contributed by atoms with E-state index in [1.807, 2.05) is 12.1 Å². The van der Waals surface area contributed by atoms with E-state index in [1.165, 1.54) is 0 Å². The predicted octanol–water partition coefficient (Wildman–Crippen LogP) is 3.55. The van der Waals surface area contributed by atoms with Crippen molar-refractivity contribution in [2.45, 2.75) is 19.3 Å². The number of rotatable bonds is 7. The summed E-state index contributed by atoms with van der Waals surface area (Å²) in [5.74, 6) is -0.307.